The Hall–Kier alpha value is -3.85. The summed E-state index contributed by atoms with van der Waals surface area (Å²) in [6, 6.07) is 14.2. The van der Waals surface area contributed by atoms with Gasteiger partial charge in [0.15, 0.2) is 5.78 Å². The number of nitrogens with zero attached hydrogens (tertiary/aromatic N) is 4. The van der Waals surface area contributed by atoms with Gasteiger partial charge in [-0.2, -0.15) is 0 Å². The fourth-order valence-electron chi connectivity index (χ4n) is 5.24. The smallest absolute Gasteiger partial charge is 0.239 e. The maximum Gasteiger partial charge on any atom is 0.239 e. The van der Waals surface area contributed by atoms with Crippen LogP contribution in [0.3, 0.4) is 0 Å². The molecular formula is C29H30N4O4S. The fourth-order valence-corrected chi connectivity index (χ4v) is 6.81. The minimum Gasteiger partial charge on any atom is -0.323 e. The number of rotatable bonds is 8. The Morgan fingerprint density at radius 2 is 1.82 bits per heavy atom. The number of benzene rings is 1. The van der Waals surface area contributed by atoms with Crippen molar-refractivity contribution in [3.8, 4) is 11.1 Å². The molecule has 2 aliphatic heterocycles. The molecule has 0 spiro atoms. The summed E-state index contributed by atoms with van der Waals surface area (Å²) >= 11 is 0. The Bertz CT molecular complexity index is 1470. The van der Waals surface area contributed by atoms with E-state index in [-0.39, 0.29) is 36.5 Å². The van der Waals surface area contributed by atoms with Gasteiger partial charge in [-0.25, -0.2) is 8.42 Å². The van der Waals surface area contributed by atoms with Crippen LogP contribution in [0.5, 0.6) is 0 Å². The minimum absolute atomic E-state index is 0.165. The summed E-state index contributed by atoms with van der Waals surface area (Å²) < 4.78 is 27.6. The van der Waals surface area contributed by atoms with Gasteiger partial charge in [0, 0.05) is 31.3 Å². The number of hydrogen-bond acceptors (Lipinski definition) is 6. The number of aromatic nitrogens is 2. The Labute approximate surface area is 223 Å². The molecule has 1 aromatic carbocycles. The molecule has 1 saturated heterocycles. The maximum atomic E-state index is 14.0. The van der Waals surface area contributed by atoms with E-state index in [4.69, 9.17) is 0 Å². The Morgan fingerprint density at radius 3 is 2.53 bits per heavy atom. The molecule has 196 valence electrons. The number of hydrogen-bond donors (Lipinski definition) is 0. The van der Waals surface area contributed by atoms with E-state index in [1.807, 2.05) is 36.4 Å². The Morgan fingerprint density at radius 1 is 1.03 bits per heavy atom. The van der Waals surface area contributed by atoms with Crippen molar-refractivity contribution in [3.05, 3.63) is 96.2 Å². The highest BCUT2D eigenvalue weighted by atomic mass is 32.2. The molecule has 8 nitrogen and oxygen atoms in total. The lowest BCUT2D eigenvalue weighted by Crippen LogP contribution is -2.43. The summed E-state index contributed by atoms with van der Waals surface area (Å²) in [4.78, 5) is 36.8. The third-order valence-electron chi connectivity index (χ3n) is 6.98. The fraction of sp³-hybridized carbons (Fsp3) is 0.310. The van der Waals surface area contributed by atoms with E-state index in [2.05, 4.69) is 23.8 Å². The third-order valence-corrected chi connectivity index (χ3v) is 8.69. The van der Waals surface area contributed by atoms with Gasteiger partial charge in [0.1, 0.15) is 6.04 Å². The number of pyridine rings is 2. The lowest BCUT2D eigenvalue weighted by molar-refractivity contribution is -0.137. The molecule has 0 saturated carbocycles. The number of amides is 1. The summed E-state index contributed by atoms with van der Waals surface area (Å²) in [5.41, 5.74) is 3.78. The number of ketones is 1. The van der Waals surface area contributed by atoms with Gasteiger partial charge in [-0.1, -0.05) is 44.2 Å². The summed E-state index contributed by atoms with van der Waals surface area (Å²) in [6.45, 7) is 4.06. The second-order valence-corrected chi connectivity index (χ2v) is 12.0. The van der Waals surface area contributed by atoms with Crippen LogP contribution in [0.25, 0.3) is 11.1 Å². The second-order valence-electron chi connectivity index (χ2n) is 10.2. The van der Waals surface area contributed by atoms with Crippen LogP contribution >= 0.6 is 0 Å². The zero-order chi connectivity index (χ0) is 26.9. The molecular weight excluding hydrogens is 500 g/mol. The SMILES string of the molecule is CC(C)CC(C(=O)N1CC=C2C1C(=O)CN2S(=O)(=O)Cc1cccnc1)c1cccc(-c2ccncc2)c1. The molecule has 0 N–H and O–H groups in total. The van der Waals surface area contributed by atoms with Gasteiger partial charge in [-0.05, 0) is 58.9 Å². The largest absolute Gasteiger partial charge is 0.323 e. The van der Waals surface area contributed by atoms with Crippen LogP contribution < -0.4 is 0 Å². The van der Waals surface area contributed by atoms with E-state index in [0.29, 0.717) is 17.7 Å². The average Bonchev–Trinajstić information content (AvgIpc) is 3.49. The zero-order valence-corrected chi connectivity index (χ0v) is 22.2. The van der Waals surface area contributed by atoms with Crippen molar-refractivity contribution in [2.24, 2.45) is 5.92 Å². The first-order valence-corrected chi connectivity index (χ1v) is 14.3. The zero-order valence-electron chi connectivity index (χ0n) is 21.4. The van der Waals surface area contributed by atoms with Crippen molar-refractivity contribution in [2.75, 3.05) is 13.1 Å². The second kappa shape index (κ2) is 10.5. The summed E-state index contributed by atoms with van der Waals surface area (Å²) in [6.07, 6.45) is 8.85. The van der Waals surface area contributed by atoms with Crippen LogP contribution in [0.1, 0.15) is 37.3 Å². The van der Waals surface area contributed by atoms with Gasteiger partial charge in [0.25, 0.3) is 0 Å². The Kier molecular flexibility index (Phi) is 7.12. The highest BCUT2D eigenvalue weighted by Gasteiger charge is 2.49. The first-order chi connectivity index (χ1) is 18.2. The summed E-state index contributed by atoms with van der Waals surface area (Å²) in [5.74, 6) is -0.936. The quantitative estimate of drug-likeness (QED) is 0.439. The first kappa shape index (κ1) is 25.8. The van der Waals surface area contributed by atoms with Crippen molar-refractivity contribution in [3.63, 3.8) is 0 Å². The van der Waals surface area contributed by atoms with Crippen LogP contribution in [0, 0.1) is 5.92 Å². The Balaban J connectivity index is 1.41. The molecule has 0 radical (unpaired) electrons. The number of carbonyl (C=O) groups excluding carboxylic acids is 2. The van der Waals surface area contributed by atoms with E-state index in [1.54, 1.807) is 41.7 Å². The molecule has 2 aliphatic rings. The summed E-state index contributed by atoms with van der Waals surface area (Å²) in [5, 5.41) is 0. The topological polar surface area (TPSA) is 101 Å². The standard InChI is InChI=1S/C29H30N4O4S/c1-20(2)15-25(24-7-3-6-23(16-24)22-8-12-30-13-9-22)29(35)32-14-10-26-28(32)27(34)18-33(26)38(36,37)19-21-5-4-11-31-17-21/h3-13,16-17,20,25,28H,14-15,18-19H2,1-2H3. The van der Waals surface area contributed by atoms with Crippen LogP contribution in [0.15, 0.2) is 85.1 Å². The lowest BCUT2D eigenvalue weighted by atomic mass is 9.87. The molecule has 1 amide bonds. The molecule has 1 fully saturated rings. The highest BCUT2D eigenvalue weighted by Crippen LogP contribution is 2.36. The van der Waals surface area contributed by atoms with Crippen molar-refractivity contribution in [1.82, 2.24) is 19.2 Å². The summed E-state index contributed by atoms with van der Waals surface area (Å²) in [7, 11) is -3.82. The molecule has 2 unspecified atom stereocenters. The van der Waals surface area contributed by atoms with Crippen LogP contribution in [-0.2, 0) is 25.4 Å². The van der Waals surface area contributed by atoms with Gasteiger partial charge in [-0.15, -0.1) is 0 Å². The van der Waals surface area contributed by atoms with Crippen molar-refractivity contribution in [2.45, 2.75) is 38.0 Å². The average molecular weight is 531 g/mol. The van der Waals surface area contributed by atoms with E-state index in [1.165, 1.54) is 10.5 Å². The molecule has 4 heterocycles. The number of fused-ring (bicyclic) bond motifs is 1. The minimum atomic E-state index is -3.82. The molecule has 2 atom stereocenters. The maximum absolute atomic E-state index is 14.0. The normalized spacial score (nSPS) is 18.0. The number of sulfonamides is 1. The first-order valence-electron chi connectivity index (χ1n) is 12.7. The van der Waals surface area contributed by atoms with Crippen molar-refractivity contribution >= 4 is 21.7 Å². The van der Waals surface area contributed by atoms with E-state index < -0.39 is 22.0 Å². The number of Topliss-reactive ketones (excluding diaryl/α,β-unsaturated/α-hetero) is 1. The predicted octanol–water partition coefficient (Wildman–Crippen LogP) is 3.78. The molecule has 0 bridgehead atoms. The van der Waals surface area contributed by atoms with Crippen LogP contribution in [-0.4, -0.2) is 58.4 Å². The van der Waals surface area contributed by atoms with Crippen molar-refractivity contribution in [1.29, 1.82) is 0 Å². The van der Waals surface area contributed by atoms with E-state index in [0.717, 1.165) is 16.7 Å². The molecule has 9 heteroatoms. The molecule has 3 aromatic rings. The van der Waals surface area contributed by atoms with Gasteiger partial charge >= 0.3 is 0 Å². The number of carbonyl (C=O) groups is 2. The molecule has 38 heavy (non-hydrogen) atoms. The van der Waals surface area contributed by atoms with Crippen LogP contribution in [0.2, 0.25) is 0 Å². The van der Waals surface area contributed by atoms with Gasteiger partial charge in [0.2, 0.25) is 15.9 Å². The van der Waals surface area contributed by atoms with Gasteiger partial charge < -0.3 is 4.90 Å². The highest BCUT2D eigenvalue weighted by molar-refractivity contribution is 7.88. The third kappa shape index (κ3) is 5.11. The van der Waals surface area contributed by atoms with Crippen LogP contribution in [0.4, 0.5) is 0 Å². The lowest BCUT2D eigenvalue weighted by Gasteiger charge is -2.29. The molecule has 2 aromatic heterocycles. The molecule has 0 aliphatic carbocycles. The van der Waals surface area contributed by atoms with E-state index >= 15 is 0 Å². The monoisotopic (exact) mass is 530 g/mol. The molecule has 5 rings (SSSR count). The van der Waals surface area contributed by atoms with E-state index in [9.17, 15) is 18.0 Å². The van der Waals surface area contributed by atoms with Crippen molar-refractivity contribution < 1.29 is 18.0 Å². The van der Waals surface area contributed by atoms with Gasteiger partial charge in [-0.3, -0.25) is 23.9 Å². The predicted molar refractivity (Wildman–Crippen MR) is 144 cm³/mol. The van der Waals surface area contributed by atoms with Gasteiger partial charge in [0.05, 0.1) is 23.9 Å².